The van der Waals surface area contributed by atoms with Gasteiger partial charge in [-0.05, 0) is 37.3 Å². The Hall–Kier alpha value is -2.59. The molecule has 0 saturated heterocycles. The zero-order valence-corrected chi connectivity index (χ0v) is 13.3. The second-order valence-corrected chi connectivity index (χ2v) is 5.35. The molecule has 0 unspecified atom stereocenters. The molecule has 0 spiro atoms. The van der Waals surface area contributed by atoms with Crippen LogP contribution in [0.5, 0.6) is 0 Å². The molecule has 0 radical (unpaired) electrons. The predicted octanol–water partition coefficient (Wildman–Crippen LogP) is 4.81. The number of halogens is 1. The lowest BCUT2D eigenvalue weighted by molar-refractivity contribution is 0.0527. The Bertz CT molecular complexity index is 847. The molecule has 3 aromatic rings. The molecule has 0 aliphatic heterocycles. The summed E-state index contributed by atoms with van der Waals surface area (Å²) in [6.45, 7) is 2.09. The second-order valence-electron chi connectivity index (χ2n) is 4.92. The van der Waals surface area contributed by atoms with E-state index in [0.29, 0.717) is 22.9 Å². The molecule has 23 heavy (non-hydrogen) atoms. The quantitative estimate of drug-likeness (QED) is 0.699. The molecule has 2 aromatic carbocycles. The lowest BCUT2D eigenvalue weighted by Crippen LogP contribution is -2.09. The number of hydrogen-bond donors (Lipinski definition) is 1. The van der Waals surface area contributed by atoms with Gasteiger partial charge in [0, 0.05) is 22.3 Å². The first-order chi connectivity index (χ1) is 11.2. The summed E-state index contributed by atoms with van der Waals surface area (Å²) < 4.78 is 5.13. The standard InChI is InChI=1S/C18H15ClN2O2/c1-2-23-18(22)15-11-20-16-6-4-3-5-14(16)17(15)21-13-9-7-12(19)8-10-13/h3-11H,2H2,1H3,(H,20,21). The largest absolute Gasteiger partial charge is 0.462 e. The van der Waals surface area contributed by atoms with Gasteiger partial charge >= 0.3 is 5.97 Å². The van der Waals surface area contributed by atoms with Gasteiger partial charge in [0.05, 0.1) is 17.8 Å². The van der Waals surface area contributed by atoms with Gasteiger partial charge in [-0.15, -0.1) is 0 Å². The maximum atomic E-state index is 12.2. The van der Waals surface area contributed by atoms with E-state index in [-0.39, 0.29) is 0 Å². The van der Waals surface area contributed by atoms with Crippen molar-refractivity contribution < 1.29 is 9.53 Å². The van der Waals surface area contributed by atoms with Gasteiger partial charge in [-0.25, -0.2) is 4.79 Å². The monoisotopic (exact) mass is 326 g/mol. The van der Waals surface area contributed by atoms with Crippen molar-refractivity contribution in [3.05, 3.63) is 65.3 Å². The van der Waals surface area contributed by atoms with Crippen LogP contribution >= 0.6 is 11.6 Å². The number of carbonyl (C=O) groups excluding carboxylic acids is 1. The van der Waals surface area contributed by atoms with Crippen LogP contribution in [0.3, 0.4) is 0 Å². The number of fused-ring (bicyclic) bond motifs is 1. The molecule has 0 fully saturated rings. The molecule has 116 valence electrons. The molecule has 0 bridgehead atoms. The minimum atomic E-state index is -0.401. The highest BCUT2D eigenvalue weighted by atomic mass is 35.5. The fraction of sp³-hybridized carbons (Fsp3) is 0.111. The summed E-state index contributed by atoms with van der Waals surface area (Å²) in [5.41, 5.74) is 2.71. The first kappa shape index (κ1) is 15.3. The highest BCUT2D eigenvalue weighted by Crippen LogP contribution is 2.30. The van der Waals surface area contributed by atoms with Crippen LogP contribution < -0.4 is 5.32 Å². The number of nitrogens with zero attached hydrogens (tertiary/aromatic N) is 1. The minimum Gasteiger partial charge on any atom is -0.462 e. The Morgan fingerprint density at radius 3 is 2.65 bits per heavy atom. The Morgan fingerprint density at radius 1 is 1.17 bits per heavy atom. The topological polar surface area (TPSA) is 51.2 Å². The summed E-state index contributed by atoms with van der Waals surface area (Å²) in [5, 5.41) is 4.79. The number of rotatable bonds is 4. The Kier molecular flexibility index (Phi) is 4.44. The number of pyridine rings is 1. The zero-order chi connectivity index (χ0) is 16.2. The lowest BCUT2D eigenvalue weighted by atomic mass is 10.1. The molecule has 0 atom stereocenters. The highest BCUT2D eigenvalue weighted by Gasteiger charge is 2.16. The summed E-state index contributed by atoms with van der Waals surface area (Å²) in [6.07, 6.45) is 1.54. The van der Waals surface area contributed by atoms with Gasteiger partial charge in [0.2, 0.25) is 0 Å². The van der Waals surface area contributed by atoms with Gasteiger partial charge in [0.25, 0.3) is 0 Å². The molecule has 0 aliphatic carbocycles. The van der Waals surface area contributed by atoms with Gasteiger partial charge in [0.1, 0.15) is 5.56 Å². The zero-order valence-electron chi connectivity index (χ0n) is 12.5. The van der Waals surface area contributed by atoms with E-state index in [2.05, 4.69) is 10.3 Å². The van der Waals surface area contributed by atoms with E-state index < -0.39 is 5.97 Å². The van der Waals surface area contributed by atoms with E-state index in [9.17, 15) is 4.79 Å². The maximum Gasteiger partial charge on any atom is 0.341 e. The fourth-order valence-corrected chi connectivity index (χ4v) is 2.44. The molecule has 0 saturated carbocycles. The maximum absolute atomic E-state index is 12.2. The molecule has 3 rings (SSSR count). The molecule has 0 amide bonds. The number of anilines is 2. The highest BCUT2D eigenvalue weighted by molar-refractivity contribution is 6.30. The number of para-hydroxylation sites is 1. The molecule has 4 nitrogen and oxygen atoms in total. The van der Waals surface area contributed by atoms with Crippen molar-refractivity contribution in [1.29, 1.82) is 0 Å². The van der Waals surface area contributed by atoms with Crippen molar-refractivity contribution in [2.75, 3.05) is 11.9 Å². The average Bonchev–Trinajstić information content (AvgIpc) is 2.57. The Morgan fingerprint density at radius 2 is 1.91 bits per heavy atom. The van der Waals surface area contributed by atoms with Crippen LogP contribution in [0.2, 0.25) is 5.02 Å². The van der Waals surface area contributed by atoms with Crippen LogP contribution in [0.25, 0.3) is 10.9 Å². The summed E-state index contributed by atoms with van der Waals surface area (Å²) in [4.78, 5) is 16.6. The SMILES string of the molecule is CCOC(=O)c1cnc2ccccc2c1Nc1ccc(Cl)cc1. The smallest absolute Gasteiger partial charge is 0.341 e. The second kappa shape index (κ2) is 6.67. The third kappa shape index (κ3) is 3.27. The first-order valence-electron chi connectivity index (χ1n) is 7.26. The molecular weight excluding hydrogens is 312 g/mol. The fourth-order valence-electron chi connectivity index (χ4n) is 2.32. The van der Waals surface area contributed by atoms with Crippen molar-refractivity contribution >= 4 is 39.8 Å². The molecule has 5 heteroatoms. The van der Waals surface area contributed by atoms with E-state index in [1.807, 2.05) is 36.4 Å². The number of esters is 1. The molecule has 1 N–H and O–H groups in total. The van der Waals surface area contributed by atoms with Gasteiger partial charge in [-0.1, -0.05) is 29.8 Å². The minimum absolute atomic E-state index is 0.312. The van der Waals surface area contributed by atoms with Gasteiger partial charge in [-0.2, -0.15) is 0 Å². The number of aromatic nitrogens is 1. The van der Waals surface area contributed by atoms with Crippen LogP contribution in [-0.4, -0.2) is 17.6 Å². The summed E-state index contributed by atoms with van der Waals surface area (Å²) in [7, 11) is 0. The van der Waals surface area contributed by atoms with E-state index in [0.717, 1.165) is 16.6 Å². The number of hydrogen-bond acceptors (Lipinski definition) is 4. The first-order valence-corrected chi connectivity index (χ1v) is 7.64. The van der Waals surface area contributed by atoms with E-state index in [1.54, 1.807) is 25.3 Å². The summed E-state index contributed by atoms with van der Waals surface area (Å²) in [6, 6.07) is 14.9. The van der Waals surface area contributed by atoms with Crippen LogP contribution in [0, 0.1) is 0 Å². The van der Waals surface area contributed by atoms with Gasteiger partial charge < -0.3 is 10.1 Å². The van der Waals surface area contributed by atoms with Crippen molar-refractivity contribution in [3.8, 4) is 0 Å². The van der Waals surface area contributed by atoms with Crippen LogP contribution in [-0.2, 0) is 4.74 Å². The van der Waals surface area contributed by atoms with Crippen molar-refractivity contribution in [1.82, 2.24) is 4.98 Å². The summed E-state index contributed by atoms with van der Waals surface area (Å²) >= 11 is 5.92. The molecule has 1 aromatic heterocycles. The van der Waals surface area contributed by atoms with Gasteiger partial charge in [-0.3, -0.25) is 4.98 Å². The third-order valence-corrected chi connectivity index (χ3v) is 3.64. The Balaban J connectivity index is 2.12. The van der Waals surface area contributed by atoms with Crippen molar-refractivity contribution in [3.63, 3.8) is 0 Å². The average molecular weight is 327 g/mol. The number of nitrogens with one attached hydrogen (secondary N) is 1. The van der Waals surface area contributed by atoms with Crippen LogP contribution in [0.15, 0.2) is 54.7 Å². The molecule has 0 aliphatic rings. The van der Waals surface area contributed by atoms with Crippen molar-refractivity contribution in [2.45, 2.75) is 6.92 Å². The van der Waals surface area contributed by atoms with Crippen LogP contribution in [0.4, 0.5) is 11.4 Å². The molecular formula is C18H15ClN2O2. The third-order valence-electron chi connectivity index (χ3n) is 3.38. The normalized spacial score (nSPS) is 10.5. The van der Waals surface area contributed by atoms with Crippen molar-refractivity contribution in [2.24, 2.45) is 0 Å². The molecule has 1 heterocycles. The summed E-state index contributed by atoms with van der Waals surface area (Å²) in [5.74, 6) is -0.401. The van der Waals surface area contributed by atoms with E-state index in [1.165, 1.54) is 0 Å². The van der Waals surface area contributed by atoms with E-state index in [4.69, 9.17) is 16.3 Å². The number of benzene rings is 2. The van der Waals surface area contributed by atoms with Gasteiger partial charge in [0.15, 0.2) is 0 Å². The number of carbonyl (C=O) groups is 1. The van der Waals surface area contributed by atoms with E-state index >= 15 is 0 Å². The predicted molar refractivity (Wildman–Crippen MR) is 92.4 cm³/mol. The lowest BCUT2D eigenvalue weighted by Gasteiger charge is -2.14. The number of ether oxygens (including phenoxy) is 1. The van der Waals surface area contributed by atoms with Crippen LogP contribution in [0.1, 0.15) is 17.3 Å². The Labute approximate surface area is 139 Å².